The Morgan fingerprint density at radius 2 is 1.56 bits per heavy atom. The number of hydrogen-bond donors (Lipinski definition) is 1. The van der Waals surface area contributed by atoms with Crippen LogP contribution in [0.15, 0.2) is 60.7 Å². The average molecular weight is 369 g/mol. The van der Waals surface area contributed by atoms with Crippen LogP contribution in [0.4, 0.5) is 4.79 Å². The van der Waals surface area contributed by atoms with Gasteiger partial charge in [-0.25, -0.2) is 4.79 Å². The molecule has 0 saturated carbocycles. The number of alkyl carbamates (subject to hydrolysis) is 1. The molecule has 0 atom stereocenters. The fraction of sp³-hybridized carbons (Fsp3) is 0.435. The zero-order chi connectivity index (χ0) is 19.5. The van der Waals surface area contributed by atoms with Crippen LogP contribution < -0.4 is 5.32 Å². The number of amides is 1. The van der Waals surface area contributed by atoms with Gasteiger partial charge in [0.25, 0.3) is 0 Å². The average Bonchev–Trinajstić information content (AvgIpc) is 2.64. The van der Waals surface area contributed by atoms with E-state index in [1.807, 2.05) is 36.4 Å². The molecule has 0 aromatic heterocycles. The number of benzene rings is 2. The third-order valence-corrected chi connectivity index (χ3v) is 4.08. The SMILES string of the molecule is CC(C)(C)CN(CCCOC(=O)NCc1ccccc1)Cc1ccccc1. The lowest BCUT2D eigenvalue weighted by Crippen LogP contribution is -2.34. The van der Waals surface area contributed by atoms with E-state index in [1.165, 1.54) is 5.56 Å². The summed E-state index contributed by atoms with van der Waals surface area (Å²) in [7, 11) is 0. The van der Waals surface area contributed by atoms with E-state index < -0.39 is 0 Å². The molecule has 1 N–H and O–H groups in total. The van der Waals surface area contributed by atoms with E-state index in [-0.39, 0.29) is 11.5 Å². The van der Waals surface area contributed by atoms with Crippen LogP contribution in [-0.4, -0.2) is 30.7 Å². The molecule has 0 saturated heterocycles. The molecule has 146 valence electrons. The number of rotatable bonds is 9. The lowest BCUT2D eigenvalue weighted by Gasteiger charge is -2.30. The van der Waals surface area contributed by atoms with E-state index in [4.69, 9.17) is 4.74 Å². The van der Waals surface area contributed by atoms with Gasteiger partial charge in [-0.3, -0.25) is 4.90 Å². The van der Waals surface area contributed by atoms with Crippen LogP contribution in [0.2, 0.25) is 0 Å². The van der Waals surface area contributed by atoms with Crippen molar-refractivity contribution in [3.8, 4) is 0 Å². The first-order valence-corrected chi connectivity index (χ1v) is 9.63. The predicted octanol–water partition coefficient (Wildman–Crippen LogP) is 4.85. The van der Waals surface area contributed by atoms with Gasteiger partial charge in [0.15, 0.2) is 0 Å². The number of carbonyl (C=O) groups excluding carboxylic acids is 1. The Morgan fingerprint density at radius 1 is 0.963 bits per heavy atom. The van der Waals surface area contributed by atoms with Crippen LogP contribution in [0.1, 0.15) is 38.3 Å². The van der Waals surface area contributed by atoms with Crippen molar-refractivity contribution in [1.82, 2.24) is 10.2 Å². The third-order valence-electron chi connectivity index (χ3n) is 4.08. The Balaban J connectivity index is 1.71. The van der Waals surface area contributed by atoms with Crippen LogP contribution in [0, 0.1) is 5.41 Å². The lowest BCUT2D eigenvalue weighted by atomic mass is 9.95. The molecule has 0 unspecified atom stereocenters. The molecule has 0 fully saturated rings. The Bertz CT molecular complexity index is 666. The molecule has 4 nitrogen and oxygen atoms in total. The maximum atomic E-state index is 11.8. The van der Waals surface area contributed by atoms with Crippen molar-refractivity contribution in [3.05, 3.63) is 71.8 Å². The van der Waals surface area contributed by atoms with E-state index in [9.17, 15) is 4.79 Å². The molecule has 0 spiro atoms. The highest BCUT2D eigenvalue weighted by Crippen LogP contribution is 2.17. The first-order chi connectivity index (χ1) is 12.9. The van der Waals surface area contributed by atoms with Crippen molar-refractivity contribution in [2.24, 2.45) is 5.41 Å². The highest BCUT2D eigenvalue weighted by Gasteiger charge is 2.16. The second-order valence-corrected chi connectivity index (χ2v) is 8.09. The normalized spacial score (nSPS) is 11.4. The van der Waals surface area contributed by atoms with Crippen LogP contribution in [0.3, 0.4) is 0 Å². The van der Waals surface area contributed by atoms with E-state index in [2.05, 4.69) is 55.3 Å². The van der Waals surface area contributed by atoms with Gasteiger partial charge in [-0.1, -0.05) is 81.4 Å². The quantitative estimate of drug-likeness (QED) is 0.643. The largest absolute Gasteiger partial charge is 0.450 e. The molecule has 2 aromatic carbocycles. The van der Waals surface area contributed by atoms with Crippen molar-refractivity contribution in [2.75, 3.05) is 19.7 Å². The van der Waals surface area contributed by atoms with Crippen molar-refractivity contribution < 1.29 is 9.53 Å². The molecule has 0 aliphatic rings. The summed E-state index contributed by atoms with van der Waals surface area (Å²) in [4.78, 5) is 14.3. The van der Waals surface area contributed by atoms with E-state index >= 15 is 0 Å². The summed E-state index contributed by atoms with van der Waals surface area (Å²) < 4.78 is 5.32. The van der Waals surface area contributed by atoms with Crippen LogP contribution in [0.25, 0.3) is 0 Å². The molecular weight excluding hydrogens is 336 g/mol. The predicted molar refractivity (Wildman–Crippen MR) is 110 cm³/mol. The van der Waals surface area contributed by atoms with Gasteiger partial charge in [-0.15, -0.1) is 0 Å². The Morgan fingerprint density at radius 3 is 2.15 bits per heavy atom. The molecule has 0 heterocycles. The summed E-state index contributed by atoms with van der Waals surface area (Å²) in [5, 5.41) is 2.79. The Labute approximate surface area is 163 Å². The summed E-state index contributed by atoms with van der Waals surface area (Å²) in [6, 6.07) is 20.3. The molecule has 4 heteroatoms. The van der Waals surface area contributed by atoms with Crippen LogP contribution in [0.5, 0.6) is 0 Å². The summed E-state index contributed by atoms with van der Waals surface area (Å²) >= 11 is 0. The highest BCUT2D eigenvalue weighted by molar-refractivity contribution is 5.67. The molecule has 0 aliphatic heterocycles. The van der Waals surface area contributed by atoms with Gasteiger partial charge in [0.2, 0.25) is 0 Å². The maximum absolute atomic E-state index is 11.8. The lowest BCUT2D eigenvalue weighted by molar-refractivity contribution is 0.129. The Hall–Kier alpha value is -2.33. The molecule has 0 aliphatic carbocycles. The highest BCUT2D eigenvalue weighted by atomic mass is 16.5. The van der Waals surface area contributed by atoms with Gasteiger partial charge in [-0.05, 0) is 23.0 Å². The minimum atomic E-state index is -0.357. The van der Waals surface area contributed by atoms with Gasteiger partial charge >= 0.3 is 6.09 Å². The number of carbonyl (C=O) groups is 1. The van der Waals surface area contributed by atoms with E-state index in [0.717, 1.165) is 31.6 Å². The molecule has 2 rings (SSSR count). The molecule has 1 amide bonds. The topological polar surface area (TPSA) is 41.6 Å². The molecule has 2 aromatic rings. The second-order valence-electron chi connectivity index (χ2n) is 8.09. The smallest absolute Gasteiger partial charge is 0.407 e. The van der Waals surface area contributed by atoms with Crippen molar-refractivity contribution in [2.45, 2.75) is 40.3 Å². The van der Waals surface area contributed by atoms with Crippen molar-refractivity contribution in [1.29, 1.82) is 0 Å². The van der Waals surface area contributed by atoms with Gasteiger partial charge < -0.3 is 10.1 Å². The minimum Gasteiger partial charge on any atom is -0.450 e. The molecule has 0 bridgehead atoms. The van der Waals surface area contributed by atoms with Crippen LogP contribution in [-0.2, 0) is 17.8 Å². The monoisotopic (exact) mass is 368 g/mol. The second kappa shape index (κ2) is 10.7. The van der Waals surface area contributed by atoms with Crippen molar-refractivity contribution >= 4 is 6.09 Å². The number of nitrogens with one attached hydrogen (secondary N) is 1. The summed E-state index contributed by atoms with van der Waals surface area (Å²) in [6.07, 6.45) is 0.464. The van der Waals surface area contributed by atoms with Gasteiger partial charge in [0.05, 0.1) is 6.61 Å². The maximum Gasteiger partial charge on any atom is 0.407 e. The van der Waals surface area contributed by atoms with E-state index in [1.54, 1.807) is 0 Å². The number of nitrogens with zero attached hydrogens (tertiary/aromatic N) is 1. The standard InChI is InChI=1S/C23H32N2O2/c1-23(2,3)19-25(18-21-13-8-5-9-14-21)15-10-16-27-22(26)24-17-20-11-6-4-7-12-20/h4-9,11-14H,10,15-19H2,1-3H3,(H,24,26). The first kappa shape index (κ1) is 21.0. The number of hydrogen-bond acceptors (Lipinski definition) is 3. The van der Waals surface area contributed by atoms with Gasteiger partial charge in [0.1, 0.15) is 0 Å². The molecular formula is C23H32N2O2. The molecule has 0 radical (unpaired) electrons. The third kappa shape index (κ3) is 9.25. The first-order valence-electron chi connectivity index (χ1n) is 9.63. The summed E-state index contributed by atoms with van der Waals surface area (Å²) in [6.45, 7) is 10.5. The minimum absolute atomic E-state index is 0.225. The molecule has 27 heavy (non-hydrogen) atoms. The summed E-state index contributed by atoms with van der Waals surface area (Å²) in [5.41, 5.74) is 2.60. The fourth-order valence-corrected chi connectivity index (χ4v) is 3.00. The van der Waals surface area contributed by atoms with Crippen molar-refractivity contribution in [3.63, 3.8) is 0 Å². The number of ether oxygens (including phenoxy) is 1. The van der Waals surface area contributed by atoms with Crippen LogP contribution >= 0.6 is 0 Å². The van der Waals surface area contributed by atoms with Gasteiger partial charge in [-0.2, -0.15) is 0 Å². The summed E-state index contributed by atoms with van der Waals surface area (Å²) in [5.74, 6) is 0. The Kier molecular flexibility index (Phi) is 8.34. The zero-order valence-electron chi connectivity index (χ0n) is 16.8. The van der Waals surface area contributed by atoms with Gasteiger partial charge in [0, 0.05) is 26.2 Å². The zero-order valence-corrected chi connectivity index (χ0v) is 16.8. The van der Waals surface area contributed by atoms with E-state index in [0.29, 0.717) is 13.2 Å². The fourth-order valence-electron chi connectivity index (χ4n) is 3.00.